The molecule has 0 saturated heterocycles. The van der Waals surface area contributed by atoms with Crippen LogP contribution in [0.25, 0.3) is 0 Å². The van der Waals surface area contributed by atoms with Crippen molar-refractivity contribution in [3.8, 4) is 0 Å². The minimum Gasteiger partial charge on any atom is -0.322 e. The van der Waals surface area contributed by atoms with Crippen LogP contribution < -0.4 is 5.32 Å². The molecule has 5 heteroatoms. The Kier molecular flexibility index (Phi) is 4.98. The first-order valence-corrected chi connectivity index (χ1v) is 9.10. The molecule has 1 amide bonds. The number of anilines is 1. The molecule has 0 fully saturated rings. The molecular formula is C17H19NO3S. The number of rotatable bonds is 5. The molecule has 0 heterocycles. The second kappa shape index (κ2) is 6.75. The van der Waals surface area contributed by atoms with E-state index >= 15 is 0 Å². The van der Waals surface area contributed by atoms with Crippen molar-refractivity contribution in [3.05, 3.63) is 65.2 Å². The van der Waals surface area contributed by atoms with E-state index in [2.05, 4.69) is 12.2 Å². The molecule has 0 saturated carbocycles. The van der Waals surface area contributed by atoms with E-state index in [1.165, 1.54) is 6.26 Å². The van der Waals surface area contributed by atoms with Gasteiger partial charge in [0.05, 0.1) is 5.75 Å². The van der Waals surface area contributed by atoms with Crippen molar-refractivity contribution in [2.75, 3.05) is 11.6 Å². The average molecular weight is 317 g/mol. The number of aryl methyl sites for hydroxylation is 1. The third-order valence-corrected chi connectivity index (χ3v) is 4.07. The second-order valence-corrected chi connectivity index (χ2v) is 7.42. The average Bonchev–Trinajstić information content (AvgIpc) is 2.46. The fourth-order valence-electron chi connectivity index (χ4n) is 2.18. The molecule has 22 heavy (non-hydrogen) atoms. The molecule has 4 nitrogen and oxygen atoms in total. The van der Waals surface area contributed by atoms with Crippen LogP contribution in [0.5, 0.6) is 0 Å². The summed E-state index contributed by atoms with van der Waals surface area (Å²) in [6.07, 6.45) is 2.07. The predicted octanol–water partition coefficient (Wildman–Crippen LogP) is 3.05. The van der Waals surface area contributed by atoms with Crippen molar-refractivity contribution in [2.45, 2.75) is 19.1 Å². The Balaban J connectivity index is 2.17. The molecule has 0 aliphatic rings. The molecule has 1 N–H and O–H groups in total. The van der Waals surface area contributed by atoms with Crippen LogP contribution in [-0.4, -0.2) is 20.6 Å². The first kappa shape index (κ1) is 16.2. The zero-order valence-corrected chi connectivity index (χ0v) is 13.5. The summed E-state index contributed by atoms with van der Waals surface area (Å²) >= 11 is 0. The Morgan fingerprint density at radius 2 is 1.73 bits per heavy atom. The van der Waals surface area contributed by atoms with Gasteiger partial charge >= 0.3 is 0 Å². The predicted molar refractivity (Wildman–Crippen MR) is 88.8 cm³/mol. The molecule has 0 aliphatic carbocycles. The molecule has 2 aromatic carbocycles. The number of nitrogens with one attached hydrogen (secondary N) is 1. The summed E-state index contributed by atoms with van der Waals surface area (Å²) < 4.78 is 22.7. The number of hydrogen-bond acceptors (Lipinski definition) is 3. The van der Waals surface area contributed by atoms with Crippen LogP contribution in [0.2, 0.25) is 0 Å². The Morgan fingerprint density at radius 1 is 1.05 bits per heavy atom. The number of carbonyl (C=O) groups is 1. The minimum atomic E-state index is -3.12. The lowest BCUT2D eigenvalue weighted by atomic mass is 10.1. The summed E-state index contributed by atoms with van der Waals surface area (Å²) in [5.74, 6) is -0.317. The van der Waals surface area contributed by atoms with Gasteiger partial charge in [0.1, 0.15) is 0 Å². The van der Waals surface area contributed by atoms with Gasteiger partial charge in [-0.05, 0) is 41.8 Å². The first-order valence-electron chi connectivity index (χ1n) is 7.04. The Bertz CT molecular complexity index is 782. The van der Waals surface area contributed by atoms with Crippen LogP contribution >= 0.6 is 0 Å². The summed E-state index contributed by atoms with van der Waals surface area (Å²) in [4.78, 5) is 12.3. The maximum Gasteiger partial charge on any atom is 0.255 e. The van der Waals surface area contributed by atoms with Crippen LogP contribution in [0.1, 0.15) is 28.4 Å². The minimum absolute atomic E-state index is 0.0700. The molecule has 116 valence electrons. The Hall–Kier alpha value is -2.14. The van der Waals surface area contributed by atoms with Gasteiger partial charge in [-0.25, -0.2) is 8.42 Å². The van der Waals surface area contributed by atoms with E-state index < -0.39 is 9.84 Å². The first-order chi connectivity index (χ1) is 10.4. The van der Waals surface area contributed by atoms with E-state index in [0.29, 0.717) is 11.1 Å². The normalized spacial score (nSPS) is 11.2. The van der Waals surface area contributed by atoms with Gasteiger partial charge in [-0.3, -0.25) is 4.79 Å². The smallest absolute Gasteiger partial charge is 0.255 e. The van der Waals surface area contributed by atoms with Gasteiger partial charge in [0.15, 0.2) is 9.84 Å². The lowest BCUT2D eigenvalue weighted by Crippen LogP contribution is -2.12. The van der Waals surface area contributed by atoms with E-state index in [1.807, 2.05) is 24.3 Å². The number of benzene rings is 2. The zero-order valence-electron chi connectivity index (χ0n) is 12.7. The van der Waals surface area contributed by atoms with E-state index in [1.54, 1.807) is 24.3 Å². The topological polar surface area (TPSA) is 63.2 Å². The van der Waals surface area contributed by atoms with Crippen LogP contribution in [0.4, 0.5) is 5.69 Å². The SMILES string of the molecule is CCc1cccc(NC(=O)c2cccc(CS(C)(=O)=O)c2)c1. The summed E-state index contributed by atoms with van der Waals surface area (Å²) in [5.41, 5.74) is 2.93. The highest BCUT2D eigenvalue weighted by Crippen LogP contribution is 2.14. The van der Waals surface area contributed by atoms with Gasteiger partial charge in [-0.2, -0.15) is 0 Å². The van der Waals surface area contributed by atoms with Crippen molar-refractivity contribution in [1.82, 2.24) is 0 Å². The zero-order chi connectivity index (χ0) is 16.2. The van der Waals surface area contributed by atoms with Crippen molar-refractivity contribution < 1.29 is 13.2 Å². The van der Waals surface area contributed by atoms with E-state index in [9.17, 15) is 13.2 Å². The molecule has 2 rings (SSSR count). The highest BCUT2D eigenvalue weighted by atomic mass is 32.2. The maximum absolute atomic E-state index is 12.3. The maximum atomic E-state index is 12.3. The molecule has 0 atom stereocenters. The number of carbonyl (C=O) groups excluding carboxylic acids is 1. The van der Waals surface area contributed by atoms with Gasteiger partial charge < -0.3 is 5.32 Å². The fourth-order valence-corrected chi connectivity index (χ4v) is 2.96. The second-order valence-electron chi connectivity index (χ2n) is 5.28. The summed E-state index contributed by atoms with van der Waals surface area (Å²) in [6, 6.07) is 14.3. The van der Waals surface area contributed by atoms with Crippen molar-refractivity contribution >= 4 is 21.4 Å². The molecule has 0 radical (unpaired) electrons. The number of hydrogen-bond donors (Lipinski definition) is 1. The van der Waals surface area contributed by atoms with Crippen LogP contribution in [-0.2, 0) is 22.0 Å². The van der Waals surface area contributed by atoms with Gasteiger partial charge in [-0.15, -0.1) is 0 Å². The molecule has 0 aromatic heterocycles. The highest BCUT2D eigenvalue weighted by Gasteiger charge is 2.10. The van der Waals surface area contributed by atoms with E-state index in [0.717, 1.165) is 17.7 Å². The summed E-state index contributed by atoms with van der Waals surface area (Å²) in [7, 11) is -3.12. The van der Waals surface area contributed by atoms with Crippen LogP contribution in [0, 0.1) is 0 Å². The summed E-state index contributed by atoms with van der Waals surface area (Å²) in [6.45, 7) is 2.05. The quantitative estimate of drug-likeness (QED) is 0.922. The molecular weight excluding hydrogens is 298 g/mol. The van der Waals surface area contributed by atoms with Crippen LogP contribution in [0.3, 0.4) is 0 Å². The Morgan fingerprint density at radius 3 is 2.41 bits per heavy atom. The van der Waals surface area contributed by atoms with Crippen molar-refractivity contribution in [3.63, 3.8) is 0 Å². The van der Waals surface area contributed by atoms with Gasteiger partial charge in [0.2, 0.25) is 0 Å². The third kappa shape index (κ3) is 4.70. The lowest BCUT2D eigenvalue weighted by Gasteiger charge is -2.08. The van der Waals surface area contributed by atoms with Crippen molar-refractivity contribution in [2.24, 2.45) is 0 Å². The van der Waals surface area contributed by atoms with Gasteiger partial charge in [-0.1, -0.05) is 31.2 Å². The fraction of sp³-hybridized carbons (Fsp3) is 0.235. The molecule has 2 aromatic rings. The third-order valence-electron chi connectivity index (χ3n) is 3.21. The van der Waals surface area contributed by atoms with E-state index in [4.69, 9.17) is 0 Å². The molecule has 0 unspecified atom stereocenters. The number of sulfone groups is 1. The molecule has 0 spiro atoms. The van der Waals surface area contributed by atoms with E-state index in [-0.39, 0.29) is 11.7 Å². The lowest BCUT2D eigenvalue weighted by molar-refractivity contribution is 0.102. The van der Waals surface area contributed by atoms with Gasteiger partial charge in [0, 0.05) is 17.5 Å². The largest absolute Gasteiger partial charge is 0.322 e. The number of amides is 1. The van der Waals surface area contributed by atoms with Gasteiger partial charge in [0.25, 0.3) is 5.91 Å². The Labute approximate surface area is 131 Å². The van der Waals surface area contributed by atoms with Crippen LogP contribution in [0.15, 0.2) is 48.5 Å². The molecule has 0 bridgehead atoms. The standard InChI is InChI=1S/C17H19NO3S/c1-3-13-6-5-9-16(11-13)18-17(19)15-8-4-7-14(10-15)12-22(2,20)21/h4-11H,3,12H2,1-2H3,(H,18,19). The summed E-state index contributed by atoms with van der Waals surface area (Å²) in [5, 5.41) is 2.83. The molecule has 0 aliphatic heterocycles. The highest BCUT2D eigenvalue weighted by molar-refractivity contribution is 7.89. The van der Waals surface area contributed by atoms with Crippen molar-refractivity contribution in [1.29, 1.82) is 0 Å². The monoisotopic (exact) mass is 317 g/mol.